The molecular formula is C21H18O. The van der Waals surface area contributed by atoms with E-state index in [-0.39, 0.29) is 5.78 Å². The zero-order chi connectivity index (χ0) is 15.4. The Morgan fingerprint density at radius 3 is 1.86 bits per heavy atom. The van der Waals surface area contributed by atoms with Gasteiger partial charge in [-0.3, -0.25) is 4.79 Å². The Labute approximate surface area is 131 Å². The fourth-order valence-corrected chi connectivity index (χ4v) is 2.63. The summed E-state index contributed by atoms with van der Waals surface area (Å²) in [5, 5.41) is 0. The summed E-state index contributed by atoms with van der Waals surface area (Å²) < 4.78 is 0. The minimum absolute atomic E-state index is 0.191. The van der Waals surface area contributed by atoms with Crippen LogP contribution in [-0.4, -0.2) is 5.78 Å². The molecule has 0 unspecified atom stereocenters. The molecule has 3 rings (SSSR count). The maximum Gasteiger partial charge on any atom is 0.134 e. The Morgan fingerprint density at radius 2 is 1.23 bits per heavy atom. The highest BCUT2D eigenvalue weighted by Gasteiger charge is 2.03. The van der Waals surface area contributed by atoms with E-state index < -0.39 is 0 Å². The van der Waals surface area contributed by atoms with E-state index in [0.29, 0.717) is 6.42 Å². The second-order valence-corrected chi connectivity index (χ2v) is 5.52. The van der Waals surface area contributed by atoms with Crippen molar-refractivity contribution in [1.82, 2.24) is 0 Å². The molecule has 0 aliphatic rings. The van der Waals surface area contributed by atoms with E-state index in [4.69, 9.17) is 0 Å². The van der Waals surface area contributed by atoms with Crippen molar-refractivity contribution in [3.8, 4) is 22.3 Å². The summed E-state index contributed by atoms with van der Waals surface area (Å²) >= 11 is 0. The molecule has 22 heavy (non-hydrogen) atoms. The van der Waals surface area contributed by atoms with Crippen molar-refractivity contribution in [3.05, 3.63) is 84.4 Å². The third-order valence-corrected chi connectivity index (χ3v) is 3.71. The molecule has 0 amide bonds. The van der Waals surface area contributed by atoms with Gasteiger partial charge in [0.2, 0.25) is 0 Å². The number of Topliss-reactive ketones (excluding diaryl/α,β-unsaturated/α-hetero) is 1. The van der Waals surface area contributed by atoms with Crippen LogP contribution in [0.3, 0.4) is 0 Å². The van der Waals surface area contributed by atoms with E-state index in [2.05, 4.69) is 60.7 Å². The molecule has 0 radical (unpaired) electrons. The highest BCUT2D eigenvalue weighted by atomic mass is 16.1. The van der Waals surface area contributed by atoms with Crippen LogP contribution in [-0.2, 0) is 11.2 Å². The molecule has 1 heteroatoms. The predicted molar refractivity (Wildman–Crippen MR) is 91.7 cm³/mol. The van der Waals surface area contributed by atoms with Gasteiger partial charge in [-0.25, -0.2) is 0 Å². The van der Waals surface area contributed by atoms with E-state index in [1.54, 1.807) is 6.92 Å². The summed E-state index contributed by atoms with van der Waals surface area (Å²) in [6.45, 7) is 1.63. The van der Waals surface area contributed by atoms with Gasteiger partial charge in [0.1, 0.15) is 5.78 Å². The summed E-state index contributed by atoms with van der Waals surface area (Å²) in [5.74, 6) is 0.191. The van der Waals surface area contributed by atoms with Crippen LogP contribution >= 0.6 is 0 Å². The lowest BCUT2D eigenvalue weighted by Gasteiger charge is -2.07. The third kappa shape index (κ3) is 3.32. The molecule has 3 aromatic carbocycles. The van der Waals surface area contributed by atoms with Crippen molar-refractivity contribution < 1.29 is 4.79 Å². The first-order valence-corrected chi connectivity index (χ1v) is 7.46. The fraction of sp³-hybridized carbons (Fsp3) is 0.0952. The summed E-state index contributed by atoms with van der Waals surface area (Å²) in [5.41, 5.74) is 5.82. The van der Waals surface area contributed by atoms with Crippen molar-refractivity contribution in [2.45, 2.75) is 13.3 Å². The molecule has 0 aromatic heterocycles. The highest BCUT2D eigenvalue weighted by molar-refractivity contribution is 5.79. The van der Waals surface area contributed by atoms with Crippen molar-refractivity contribution >= 4 is 5.78 Å². The minimum Gasteiger partial charge on any atom is -0.300 e. The lowest BCUT2D eigenvalue weighted by Crippen LogP contribution is -1.96. The topological polar surface area (TPSA) is 17.1 Å². The number of benzene rings is 3. The molecule has 0 N–H and O–H groups in total. The number of carbonyl (C=O) groups excluding carboxylic acids is 1. The molecule has 0 fully saturated rings. The van der Waals surface area contributed by atoms with Crippen LogP contribution in [0, 0.1) is 0 Å². The Bertz CT molecular complexity index is 771. The minimum atomic E-state index is 0.191. The predicted octanol–water partition coefficient (Wildman–Crippen LogP) is 5.15. The van der Waals surface area contributed by atoms with Crippen molar-refractivity contribution in [3.63, 3.8) is 0 Å². The summed E-state index contributed by atoms with van der Waals surface area (Å²) in [6.07, 6.45) is 0.496. The van der Waals surface area contributed by atoms with Crippen LogP contribution in [0.5, 0.6) is 0 Å². The van der Waals surface area contributed by atoms with Crippen molar-refractivity contribution in [2.24, 2.45) is 0 Å². The fourth-order valence-electron chi connectivity index (χ4n) is 2.63. The summed E-state index contributed by atoms with van der Waals surface area (Å²) in [4.78, 5) is 11.3. The first kappa shape index (κ1) is 14.3. The van der Waals surface area contributed by atoms with Crippen LogP contribution in [0.15, 0.2) is 78.9 Å². The summed E-state index contributed by atoms with van der Waals surface area (Å²) in [6, 6.07) is 27.1. The van der Waals surface area contributed by atoms with E-state index in [0.717, 1.165) is 11.1 Å². The van der Waals surface area contributed by atoms with Gasteiger partial charge in [0.25, 0.3) is 0 Å². The quantitative estimate of drug-likeness (QED) is 0.648. The number of hydrogen-bond acceptors (Lipinski definition) is 1. The molecule has 3 aromatic rings. The van der Waals surface area contributed by atoms with Crippen molar-refractivity contribution in [1.29, 1.82) is 0 Å². The Hall–Kier alpha value is -2.67. The molecule has 0 saturated carbocycles. The van der Waals surface area contributed by atoms with Crippen LogP contribution in [0.1, 0.15) is 12.5 Å². The standard InChI is InChI=1S/C21H18O/c1-16(22)14-17-6-5-9-21(15-17)20-12-10-19(11-13-20)18-7-3-2-4-8-18/h2-13,15H,14H2,1H3. The van der Waals surface area contributed by atoms with Gasteiger partial charge < -0.3 is 0 Å². The van der Waals surface area contributed by atoms with Gasteiger partial charge in [-0.05, 0) is 34.7 Å². The zero-order valence-electron chi connectivity index (χ0n) is 12.6. The van der Waals surface area contributed by atoms with Gasteiger partial charge in [-0.15, -0.1) is 0 Å². The molecule has 0 saturated heterocycles. The van der Waals surface area contributed by atoms with E-state index in [1.165, 1.54) is 16.7 Å². The van der Waals surface area contributed by atoms with Gasteiger partial charge in [0, 0.05) is 6.42 Å². The lowest BCUT2D eigenvalue weighted by atomic mass is 9.98. The van der Waals surface area contributed by atoms with E-state index in [9.17, 15) is 4.79 Å². The molecule has 0 aliphatic heterocycles. The summed E-state index contributed by atoms with van der Waals surface area (Å²) in [7, 11) is 0. The second kappa shape index (κ2) is 6.40. The van der Waals surface area contributed by atoms with E-state index >= 15 is 0 Å². The molecule has 1 nitrogen and oxygen atoms in total. The largest absolute Gasteiger partial charge is 0.300 e. The average molecular weight is 286 g/mol. The average Bonchev–Trinajstić information content (AvgIpc) is 2.55. The number of carbonyl (C=O) groups is 1. The maximum absolute atomic E-state index is 11.3. The molecule has 0 heterocycles. The van der Waals surface area contributed by atoms with Gasteiger partial charge in [0.15, 0.2) is 0 Å². The first-order chi connectivity index (χ1) is 10.7. The smallest absolute Gasteiger partial charge is 0.134 e. The molecule has 0 spiro atoms. The first-order valence-electron chi connectivity index (χ1n) is 7.46. The normalized spacial score (nSPS) is 10.4. The molecule has 0 atom stereocenters. The van der Waals surface area contributed by atoms with Gasteiger partial charge in [-0.2, -0.15) is 0 Å². The van der Waals surface area contributed by atoms with E-state index in [1.807, 2.05) is 18.2 Å². The second-order valence-electron chi connectivity index (χ2n) is 5.52. The number of rotatable bonds is 4. The van der Waals surface area contributed by atoms with Crippen molar-refractivity contribution in [2.75, 3.05) is 0 Å². The maximum atomic E-state index is 11.3. The van der Waals surface area contributed by atoms with Crippen LogP contribution < -0.4 is 0 Å². The lowest BCUT2D eigenvalue weighted by molar-refractivity contribution is -0.116. The van der Waals surface area contributed by atoms with Gasteiger partial charge in [-0.1, -0.05) is 78.9 Å². The SMILES string of the molecule is CC(=O)Cc1cccc(-c2ccc(-c3ccccc3)cc2)c1. The molecule has 0 bridgehead atoms. The van der Waals surface area contributed by atoms with Gasteiger partial charge in [0.05, 0.1) is 0 Å². The molecule has 0 aliphatic carbocycles. The number of ketones is 1. The van der Waals surface area contributed by atoms with Crippen LogP contribution in [0.4, 0.5) is 0 Å². The zero-order valence-corrected chi connectivity index (χ0v) is 12.6. The molecule has 108 valence electrons. The highest BCUT2D eigenvalue weighted by Crippen LogP contribution is 2.25. The van der Waals surface area contributed by atoms with Crippen LogP contribution in [0.2, 0.25) is 0 Å². The van der Waals surface area contributed by atoms with Crippen LogP contribution in [0.25, 0.3) is 22.3 Å². The molecular weight excluding hydrogens is 268 g/mol. The Balaban J connectivity index is 1.88. The Kier molecular flexibility index (Phi) is 4.15. The van der Waals surface area contributed by atoms with Gasteiger partial charge >= 0.3 is 0 Å². The Morgan fingerprint density at radius 1 is 0.682 bits per heavy atom. The number of hydrogen-bond donors (Lipinski definition) is 0. The monoisotopic (exact) mass is 286 g/mol. The third-order valence-electron chi connectivity index (χ3n) is 3.71.